The highest BCUT2D eigenvalue weighted by molar-refractivity contribution is 5.95. The van der Waals surface area contributed by atoms with Gasteiger partial charge in [0.15, 0.2) is 5.82 Å². The number of imidazole rings is 1. The fourth-order valence-corrected chi connectivity index (χ4v) is 1.30. The first-order valence-electron chi connectivity index (χ1n) is 4.61. The van der Waals surface area contributed by atoms with Gasteiger partial charge in [0, 0.05) is 0 Å². The van der Waals surface area contributed by atoms with Crippen LogP contribution in [0, 0.1) is 0 Å². The van der Waals surface area contributed by atoms with Gasteiger partial charge >= 0.3 is 5.97 Å². The lowest BCUT2D eigenvalue weighted by Gasteiger charge is -1.97. The second-order valence-electron chi connectivity index (χ2n) is 3.18. The van der Waals surface area contributed by atoms with Crippen molar-refractivity contribution >= 4 is 22.9 Å². The molecule has 82 valence electrons. The molecule has 0 saturated carbocycles. The van der Waals surface area contributed by atoms with Gasteiger partial charge in [-0.2, -0.15) is 0 Å². The molecule has 1 aromatic carbocycles. The maximum Gasteiger partial charge on any atom is 0.322 e. The maximum atomic E-state index is 11.5. The number of fused-ring (bicyclic) bond motifs is 1. The lowest BCUT2D eigenvalue weighted by atomic mass is 10.3. The van der Waals surface area contributed by atoms with Gasteiger partial charge < -0.3 is 15.4 Å². The quantitative estimate of drug-likeness (QED) is 0.695. The summed E-state index contributed by atoms with van der Waals surface area (Å²) in [7, 11) is 0. The summed E-state index contributed by atoms with van der Waals surface area (Å²) in [6.07, 6.45) is 0. The molecule has 2 rings (SSSR count). The lowest BCUT2D eigenvalue weighted by molar-refractivity contribution is -0.135. The Bertz CT molecular complexity index is 514. The van der Waals surface area contributed by atoms with Crippen LogP contribution >= 0.6 is 0 Å². The van der Waals surface area contributed by atoms with Crippen LogP contribution in [-0.2, 0) is 4.79 Å². The zero-order valence-electron chi connectivity index (χ0n) is 8.23. The number of H-pyrrole nitrogens is 1. The van der Waals surface area contributed by atoms with E-state index in [-0.39, 0.29) is 5.82 Å². The van der Waals surface area contributed by atoms with E-state index in [0.29, 0.717) is 5.52 Å². The van der Waals surface area contributed by atoms with Crippen molar-refractivity contribution in [2.24, 2.45) is 0 Å². The van der Waals surface area contributed by atoms with E-state index in [1.165, 1.54) is 0 Å². The number of carbonyl (C=O) groups excluding carboxylic acids is 1. The lowest BCUT2D eigenvalue weighted by Crippen LogP contribution is -2.29. The minimum absolute atomic E-state index is 0.113. The Kier molecular flexibility index (Phi) is 2.55. The summed E-state index contributed by atoms with van der Waals surface area (Å²) < 4.78 is 0. The van der Waals surface area contributed by atoms with Crippen LogP contribution in [0.4, 0.5) is 0 Å². The zero-order valence-corrected chi connectivity index (χ0v) is 8.23. The van der Waals surface area contributed by atoms with Gasteiger partial charge in [-0.15, -0.1) is 0 Å². The number of hydrogen-bond acceptors (Lipinski definition) is 3. The fraction of sp³-hybridized carbons (Fsp3) is 0.100. The minimum Gasteiger partial charge on any atom is -0.480 e. The van der Waals surface area contributed by atoms with Crippen LogP contribution in [0.1, 0.15) is 10.6 Å². The molecule has 0 atom stereocenters. The first-order valence-corrected chi connectivity index (χ1v) is 4.61. The molecule has 1 heterocycles. The van der Waals surface area contributed by atoms with Crippen molar-refractivity contribution in [3.05, 3.63) is 30.1 Å². The number of carbonyl (C=O) groups is 2. The van der Waals surface area contributed by atoms with E-state index >= 15 is 0 Å². The molecular formula is C10H9N3O3. The molecule has 6 heteroatoms. The van der Waals surface area contributed by atoms with Crippen LogP contribution in [0.2, 0.25) is 0 Å². The van der Waals surface area contributed by atoms with Gasteiger partial charge in [0.25, 0.3) is 5.91 Å². The van der Waals surface area contributed by atoms with Gasteiger partial charge in [-0.25, -0.2) is 4.98 Å². The molecule has 0 spiro atoms. The summed E-state index contributed by atoms with van der Waals surface area (Å²) in [6.45, 7) is -0.421. The molecule has 0 saturated heterocycles. The first-order chi connectivity index (χ1) is 7.66. The smallest absolute Gasteiger partial charge is 0.322 e. The Morgan fingerprint density at radius 2 is 2.12 bits per heavy atom. The average molecular weight is 219 g/mol. The summed E-state index contributed by atoms with van der Waals surface area (Å²) >= 11 is 0. The van der Waals surface area contributed by atoms with Crippen LogP contribution in [0.15, 0.2) is 24.3 Å². The predicted octanol–water partition coefficient (Wildman–Crippen LogP) is 0.377. The summed E-state index contributed by atoms with van der Waals surface area (Å²) in [5.74, 6) is -1.51. The number of rotatable bonds is 3. The number of amides is 1. The number of benzene rings is 1. The molecule has 1 amide bonds. The third-order valence-electron chi connectivity index (χ3n) is 2.00. The highest BCUT2D eigenvalue weighted by Gasteiger charge is 2.11. The third-order valence-corrected chi connectivity index (χ3v) is 2.00. The van der Waals surface area contributed by atoms with Crippen molar-refractivity contribution in [2.45, 2.75) is 0 Å². The van der Waals surface area contributed by atoms with E-state index in [0.717, 1.165) is 5.52 Å². The van der Waals surface area contributed by atoms with Gasteiger partial charge in [-0.1, -0.05) is 12.1 Å². The summed E-state index contributed by atoms with van der Waals surface area (Å²) in [6, 6.07) is 7.18. The molecule has 0 unspecified atom stereocenters. The van der Waals surface area contributed by atoms with Gasteiger partial charge in [0.05, 0.1) is 11.0 Å². The molecule has 0 fully saturated rings. The van der Waals surface area contributed by atoms with Crippen LogP contribution in [-0.4, -0.2) is 33.5 Å². The number of nitrogens with zero attached hydrogens (tertiary/aromatic N) is 1. The Balaban J connectivity index is 2.20. The van der Waals surface area contributed by atoms with Gasteiger partial charge in [-0.3, -0.25) is 9.59 Å². The van der Waals surface area contributed by atoms with Crippen molar-refractivity contribution < 1.29 is 14.7 Å². The number of aliphatic carboxylic acids is 1. The molecule has 2 aromatic rings. The molecule has 0 bridgehead atoms. The van der Waals surface area contributed by atoms with Gasteiger partial charge in [0.2, 0.25) is 0 Å². The second-order valence-corrected chi connectivity index (χ2v) is 3.18. The Hall–Kier alpha value is -2.37. The topological polar surface area (TPSA) is 95.1 Å². The number of carboxylic acid groups (broad SMARTS) is 1. The van der Waals surface area contributed by atoms with Crippen LogP contribution in [0.3, 0.4) is 0 Å². The molecule has 0 aliphatic heterocycles. The van der Waals surface area contributed by atoms with Gasteiger partial charge in [-0.05, 0) is 12.1 Å². The van der Waals surface area contributed by atoms with E-state index in [9.17, 15) is 9.59 Å². The zero-order chi connectivity index (χ0) is 11.5. The fourth-order valence-electron chi connectivity index (χ4n) is 1.30. The summed E-state index contributed by atoms with van der Waals surface area (Å²) in [5.41, 5.74) is 1.41. The number of para-hydroxylation sites is 2. The summed E-state index contributed by atoms with van der Waals surface area (Å²) in [4.78, 5) is 28.5. The second kappa shape index (κ2) is 4.01. The van der Waals surface area contributed by atoms with E-state index in [4.69, 9.17) is 5.11 Å². The van der Waals surface area contributed by atoms with Gasteiger partial charge in [0.1, 0.15) is 6.54 Å². The van der Waals surface area contributed by atoms with Crippen molar-refractivity contribution in [3.63, 3.8) is 0 Å². The molecule has 3 N–H and O–H groups in total. The maximum absolute atomic E-state index is 11.5. The van der Waals surface area contributed by atoms with Crippen molar-refractivity contribution in [3.8, 4) is 0 Å². The largest absolute Gasteiger partial charge is 0.480 e. The van der Waals surface area contributed by atoms with Crippen LogP contribution in [0.25, 0.3) is 11.0 Å². The molecule has 0 radical (unpaired) electrons. The van der Waals surface area contributed by atoms with Crippen molar-refractivity contribution in [2.75, 3.05) is 6.54 Å². The Morgan fingerprint density at radius 1 is 1.38 bits per heavy atom. The molecule has 0 aliphatic rings. The SMILES string of the molecule is O=C(O)CNC(=O)c1nc2ccccc2[nH]1. The molecule has 16 heavy (non-hydrogen) atoms. The van der Waals surface area contributed by atoms with E-state index in [2.05, 4.69) is 15.3 Å². The van der Waals surface area contributed by atoms with E-state index in [1.54, 1.807) is 12.1 Å². The number of nitrogens with one attached hydrogen (secondary N) is 2. The number of aromatic nitrogens is 2. The van der Waals surface area contributed by atoms with E-state index < -0.39 is 18.4 Å². The predicted molar refractivity (Wildman–Crippen MR) is 56.1 cm³/mol. The minimum atomic E-state index is -1.09. The highest BCUT2D eigenvalue weighted by atomic mass is 16.4. The van der Waals surface area contributed by atoms with Crippen LogP contribution < -0.4 is 5.32 Å². The molecule has 6 nitrogen and oxygen atoms in total. The Morgan fingerprint density at radius 3 is 2.81 bits per heavy atom. The number of hydrogen-bond donors (Lipinski definition) is 3. The van der Waals surface area contributed by atoms with E-state index in [1.807, 2.05) is 12.1 Å². The molecular weight excluding hydrogens is 210 g/mol. The van der Waals surface area contributed by atoms with Crippen molar-refractivity contribution in [1.82, 2.24) is 15.3 Å². The van der Waals surface area contributed by atoms with Crippen molar-refractivity contribution in [1.29, 1.82) is 0 Å². The molecule has 1 aromatic heterocycles. The monoisotopic (exact) mass is 219 g/mol. The standard InChI is InChI=1S/C10H9N3O3/c14-8(15)5-11-10(16)9-12-6-3-1-2-4-7(6)13-9/h1-4H,5H2,(H,11,16)(H,12,13)(H,14,15). The third kappa shape index (κ3) is 2.00. The number of aromatic amines is 1. The normalized spacial score (nSPS) is 10.2. The Labute approximate surface area is 90.3 Å². The summed E-state index contributed by atoms with van der Waals surface area (Å²) in [5, 5.41) is 10.6. The average Bonchev–Trinajstić information content (AvgIpc) is 2.69. The number of carboxylic acids is 1. The molecule has 0 aliphatic carbocycles. The highest BCUT2D eigenvalue weighted by Crippen LogP contribution is 2.09. The first kappa shape index (κ1) is 10.2. The van der Waals surface area contributed by atoms with Crippen LogP contribution in [0.5, 0.6) is 0 Å².